The van der Waals surface area contributed by atoms with Crippen LogP contribution in [0.1, 0.15) is 31.2 Å². The van der Waals surface area contributed by atoms with E-state index in [-0.39, 0.29) is 5.82 Å². The maximum absolute atomic E-state index is 14.7. The lowest BCUT2D eigenvalue weighted by molar-refractivity contribution is 0.237. The van der Waals surface area contributed by atoms with Gasteiger partial charge >= 0.3 is 0 Å². The largest absolute Gasteiger partial charge is 0.492 e. The second-order valence-corrected chi connectivity index (χ2v) is 11.3. The Morgan fingerprint density at radius 3 is 2.51 bits per heavy atom. The summed E-state index contributed by atoms with van der Waals surface area (Å²) in [7, 11) is 0. The van der Waals surface area contributed by atoms with Crippen LogP contribution in [0, 0.1) is 5.82 Å². The molecule has 7 nitrogen and oxygen atoms in total. The van der Waals surface area contributed by atoms with Crippen molar-refractivity contribution in [1.29, 1.82) is 0 Å². The van der Waals surface area contributed by atoms with E-state index in [1.165, 1.54) is 37.3 Å². The fourth-order valence-electron chi connectivity index (χ4n) is 6.17. The molecule has 2 N–H and O–H groups in total. The highest BCUT2D eigenvalue weighted by molar-refractivity contribution is 5.98. The van der Waals surface area contributed by atoms with E-state index in [1.807, 2.05) is 36.7 Å². The summed E-state index contributed by atoms with van der Waals surface area (Å²) in [6.45, 7) is 6.90. The van der Waals surface area contributed by atoms with Crippen LogP contribution in [0.15, 0.2) is 67.0 Å². The lowest BCUT2D eigenvalue weighted by Crippen LogP contribution is -2.25. The van der Waals surface area contributed by atoms with E-state index in [4.69, 9.17) is 4.74 Å². The molecule has 0 aliphatic carbocycles. The van der Waals surface area contributed by atoms with E-state index in [9.17, 15) is 4.39 Å². The molecule has 2 aliphatic heterocycles. The van der Waals surface area contributed by atoms with Crippen molar-refractivity contribution in [1.82, 2.24) is 30.0 Å². The minimum atomic E-state index is -0.301. The first kappa shape index (κ1) is 25.9. The number of rotatable bonds is 9. The SMILES string of the molecule is Fc1cc(OCCN2CCCC2)cc(-c2cccc3[nH]c(-c4cc(-c5cncc(CN6CCCC6)c5)n[nH]4)cc23)c1. The van der Waals surface area contributed by atoms with Gasteiger partial charge in [0.1, 0.15) is 18.2 Å². The van der Waals surface area contributed by atoms with Crippen LogP contribution in [0.25, 0.3) is 44.7 Å². The van der Waals surface area contributed by atoms with Gasteiger partial charge in [0, 0.05) is 48.0 Å². The Morgan fingerprint density at radius 2 is 1.66 bits per heavy atom. The van der Waals surface area contributed by atoms with Gasteiger partial charge in [-0.1, -0.05) is 12.1 Å². The summed E-state index contributed by atoms with van der Waals surface area (Å²) in [5.41, 5.74) is 7.59. The molecular formula is C33H35FN6O. The first-order valence-corrected chi connectivity index (χ1v) is 14.7. The Bertz CT molecular complexity index is 1650. The third-order valence-electron chi connectivity index (χ3n) is 8.28. The molecule has 0 unspecified atom stereocenters. The highest BCUT2D eigenvalue weighted by Crippen LogP contribution is 2.35. The Labute approximate surface area is 239 Å². The zero-order valence-electron chi connectivity index (χ0n) is 23.2. The van der Waals surface area contributed by atoms with Gasteiger partial charge in [0.05, 0.1) is 17.1 Å². The minimum Gasteiger partial charge on any atom is -0.492 e. The van der Waals surface area contributed by atoms with Gasteiger partial charge in [-0.2, -0.15) is 5.10 Å². The fourth-order valence-corrected chi connectivity index (χ4v) is 6.17. The molecule has 0 amide bonds. The van der Waals surface area contributed by atoms with Crippen LogP contribution in [-0.2, 0) is 6.54 Å². The lowest BCUT2D eigenvalue weighted by atomic mass is 10.0. The van der Waals surface area contributed by atoms with E-state index >= 15 is 0 Å². The predicted octanol–water partition coefficient (Wildman–Crippen LogP) is 6.50. The molecule has 0 bridgehead atoms. The van der Waals surface area contributed by atoms with Crippen molar-refractivity contribution >= 4 is 10.9 Å². The van der Waals surface area contributed by atoms with Crippen molar-refractivity contribution in [3.05, 3.63) is 78.4 Å². The molecule has 5 aromatic rings. The van der Waals surface area contributed by atoms with Crippen molar-refractivity contribution in [3.63, 3.8) is 0 Å². The fraction of sp³-hybridized carbons (Fsp3) is 0.333. The lowest BCUT2D eigenvalue weighted by Gasteiger charge is -2.15. The van der Waals surface area contributed by atoms with Crippen LogP contribution in [0.3, 0.4) is 0 Å². The number of ether oxygens (including phenoxy) is 1. The molecule has 41 heavy (non-hydrogen) atoms. The molecule has 0 radical (unpaired) electrons. The third-order valence-corrected chi connectivity index (χ3v) is 8.28. The predicted molar refractivity (Wildman–Crippen MR) is 160 cm³/mol. The summed E-state index contributed by atoms with van der Waals surface area (Å²) < 4.78 is 20.7. The highest BCUT2D eigenvalue weighted by atomic mass is 19.1. The molecule has 7 rings (SSSR count). The number of benzene rings is 2. The number of fused-ring (bicyclic) bond motifs is 1. The Kier molecular flexibility index (Phi) is 7.25. The van der Waals surface area contributed by atoms with E-state index in [0.29, 0.717) is 12.4 Å². The van der Waals surface area contributed by atoms with Gasteiger partial charge in [0.15, 0.2) is 0 Å². The van der Waals surface area contributed by atoms with Crippen molar-refractivity contribution in [2.75, 3.05) is 39.3 Å². The number of nitrogens with zero attached hydrogens (tertiary/aromatic N) is 4. The second kappa shape index (κ2) is 11.5. The maximum atomic E-state index is 14.7. The number of hydrogen-bond acceptors (Lipinski definition) is 5. The molecule has 8 heteroatoms. The van der Waals surface area contributed by atoms with Gasteiger partial charge in [-0.05, 0) is 105 Å². The molecule has 0 saturated carbocycles. The molecule has 0 spiro atoms. The average molecular weight is 551 g/mol. The Balaban J connectivity index is 1.12. The monoisotopic (exact) mass is 550 g/mol. The summed E-state index contributed by atoms with van der Waals surface area (Å²) in [4.78, 5) is 12.9. The van der Waals surface area contributed by atoms with E-state index < -0.39 is 0 Å². The molecule has 2 aliphatic rings. The smallest absolute Gasteiger partial charge is 0.127 e. The molecule has 3 aromatic heterocycles. The van der Waals surface area contributed by atoms with Crippen molar-refractivity contribution in [2.24, 2.45) is 0 Å². The Morgan fingerprint density at radius 1 is 0.829 bits per heavy atom. The Hall–Kier alpha value is -4.01. The topological polar surface area (TPSA) is 73.1 Å². The summed E-state index contributed by atoms with van der Waals surface area (Å²) in [6, 6.07) is 17.4. The van der Waals surface area contributed by atoms with Crippen LogP contribution < -0.4 is 4.74 Å². The summed E-state index contributed by atoms with van der Waals surface area (Å²) in [5, 5.41) is 8.81. The van der Waals surface area contributed by atoms with E-state index in [0.717, 1.165) is 83.9 Å². The molecule has 2 fully saturated rings. The molecular weight excluding hydrogens is 515 g/mol. The first-order valence-electron chi connectivity index (χ1n) is 14.7. The summed E-state index contributed by atoms with van der Waals surface area (Å²) in [6.07, 6.45) is 8.85. The standard InChI is InChI=1S/C33H35FN6O/c34-26-15-24(16-27(17-26)41-13-12-39-8-1-2-9-39)28-6-5-7-30-29(28)18-32(36-30)33-19-31(37-38-33)25-14-23(20-35-21-25)22-40-10-3-4-11-40/h5-7,14-21,36H,1-4,8-13,22H2,(H,37,38). The van der Waals surface area contributed by atoms with Gasteiger partial charge in [0.2, 0.25) is 0 Å². The third kappa shape index (κ3) is 5.76. The van der Waals surface area contributed by atoms with Crippen LogP contribution in [0.5, 0.6) is 5.75 Å². The van der Waals surface area contributed by atoms with Crippen LogP contribution >= 0.6 is 0 Å². The number of hydrogen-bond donors (Lipinski definition) is 2. The highest BCUT2D eigenvalue weighted by Gasteiger charge is 2.16. The van der Waals surface area contributed by atoms with Crippen LogP contribution in [0.2, 0.25) is 0 Å². The average Bonchev–Trinajstić information content (AvgIpc) is 3.80. The minimum absolute atomic E-state index is 0.301. The summed E-state index contributed by atoms with van der Waals surface area (Å²) in [5.74, 6) is 0.260. The van der Waals surface area contributed by atoms with Crippen molar-refractivity contribution in [3.8, 4) is 39.5 Å². The zero-order chi connectivity index (χ0) is 27.6. The molecule has 2 saturated heterocycles. The number of aromatic amines is 2. The van der Waals surface area contributed by atoms with E-state index in [1.54, 1.807) is 6.07 Å². The normalized spacial score (nSPS) is 16.2. The van der Waals surface area contributed by atoms with E-state index in [2.05, 4.69) is 48.2 Å². The zero-order valence-corrected chi connectivity index (χ0v) is 23.2. The van der Waals surface area contributed by atoms with Crippen molar-refractivity contribution in [2.45, 2.75) is 32.2 Å². The number of halogens is 1. The quantitative estimate of drug-likeness (QED) is 0.219. The number of H-pyrrole nitrogens is 2. The van der Waals surface area contributed by atoms with Gasteiger partial charge in [-0.3, -0.25) is 19.9 Å². The number of pyridine rings is 1. The second-order valence-electron chi connectivity index (χ2n) is 11.3. The number of likely N-dealkylation sites (tertiary alicyclic amines) is 2. The van der Waals surface area contributed by atoms with Crippen molar-refractivity contribution < 1.29 is 9.13 Å². The molecule has 0 atom stereocenters. The summed E-state index contributed by atoms with van der Waals surface area (Å²) >= 11 is 0. The van der Waals surface area contributed by atoms with Crippen LogP contribution in [-0.4, -0.2) is 69.3 Å². The first-order chi connectivity index (χ1) is 20.2. The molecule has 5 heterocycles. The molecule has 2 aromatic carbocycles. The number of nitrogens with one attached hydrogen (secondary N) is 2. The van der Waals surface area contributed by atoms with Crippen LogP contribution in [0.4, 0.5) is 4.39 Å². The molecule has 210 valence electrons. The van der Waals surface area contributed by atoms with Gasteiger partial charge in [-0.15, -0.1) is 0 Å². The number of aromatic nitrogens is 4. The van der Waals surface area contributed by atoms with Gasteiger partial charge in [-0.25, -0.2) is 4.39 Å². The van der Waals surface area contributed by atoms with Gasteiger partial charge < -0.3 is 9.72 Å². The van der Waals surface area contributed by atoms with Gasteiger partial charge in [0.25, 0.3) is 0 Å². The maximum Gasteiger partial charge on any atom is 0.127 e.